The van der Waals surface area contributed by atoms with Crippen molar-refractivity contribution in [2.75, 3.05) is 7.11 Å². The van der Waals surface area contributed by atoms with Gasteiger partial charge in [0, 0.05) is 5.73 Å². The van der Waals surface area contributed by atoms with Crippen molar-refractivity contribution in [3.63, 3.8) is 0 Å². The van der Waals surface area contributed by atoms with Gasteiger partial charge in [-0.3, -0.25) is 0 Å². The number of hydrogen-bond acceptors (Lipinski definition) is 3. The maximum absolute atomic E-state index is 9.72. The second kappa shape index (κ2) is 4.76. The first-order valence-electron chi connectivity index (χ1n) is 3.59. The fraction of sp³-hybridized carbons (Fsp3) is 0.100. The molecule has 13 heavy (non-hydrogen) atoms. The van der Waals surface area contributed by atoms with Crippen LogP contribution in [0.25, 0.3) is 0 Å². The third kappa shape index (κ3) is 2.82. The van der Waals surface area contributed by atoms with Crippen LogP contribution in [0, 0.1) is 0 Å². The minimum absolute atomic E-state index is 0.684. The van der Waals surface area contributed by atoms with Crippen LogP contribution in [0.3, 0.4) is 0 Å². The molecule has 0 aliphatic rings. The Balaban J connectivity index is 2.93. The Hall–Kier alpha value is -2.04. The lowest BCUT2D eigenvalue weighted by Gasteiger charge is -1.97. The van der Waals surface area contributed by atoms with Gasteiger partial charge in [-0.05, 0) is 24.3 Å². The van der Waals surface area contributed by atoms with E-state index >= 15 is 0 Å². The molecule has 0 unspecified atom stereocenters. The summed E-state index contributed by atoms with van der Waals surface area (Å²) in [5.41, 5.74) is 2.76. The molecule has 3 nitrogen and oxygen atoms in total. The number of methoxy groups -OCH3 is 1. The van der Waals surface area contributed by atoms with Crippen molar-refractivity contribution in [3.8, 4) is 5.75 Å². The predicted octanol–water partition coefficient (Wildman–Crippen LogP) is 1.54. The van der Waals surface area contributed by atoms with Gasteiger partial charge in [0.2, 0.25) is 0 Å². The Kier molecular flexibility index (Phi) is 3.31. The molecule has 0 N–H and O–H groups in total. The Bertz CT molecular complexity index is 389. The van der Waals surface area contributed by atoms with E-state index in [0.29, 0.717) is 5.69 Å². The van der Waals surface area contributed by atoms with Gasteiger partial charge in [0.25, 0.3) is 0 Å². The average molecular weight is 173 g/mol. The molecule has 1 aromatic carbocycles. The molecule has 0 heterocycles. The topological polar surface area (TPSA) is 38.7 Å². The van der Waals surface area contributed by atoms with Gasteiger partial charge in [-0.1, -0.05) is 0 Å². The molecule has 0 aromatic heterocycles. The van der Waals surface area contributed by atoms with E-state index in [2.05, 4.69) is 16.6 Å². The highest BCUT2D eigenvalue weighted by Gasteiger charge is 1.89. The Morgan fingerprint density at radius 1 is 1.31 bits per heavy atom. The zero-order chi connectivity index (χ0) is 9.52. The van der Waals surface area contributed by atoms with Crippen LogP contribution in [0.15, 0.2) is 35.0 Å². The third-order valence-electron chi connectivity index (χ3n) is 1.36. The molecular formula is C10H7NO2. The van der Waals surface area contributed by atoms with E-state index in [9.17, 15) is 4.79 Å². The molecule has 0 spiro atoms. The van der Waals surface area contributed by atoms with E-state index in [1.165, 1.54) is 5.94 Å². The second-order valence-corrected chi connectivity index (χ2v) is 2.15. The lowest BCUT2D eigenvalue weighted by Crippen LogP contribution is -1.79. The second-order valence-electron chi connectivity index (χ2n) is 2.15. The van der Waals surface area contributed by atoms with E-state index < -0.39 is 0 Å². The number of ether oxygens (including phenoxy) is 1. The molecule has 0 aliphatic heterocycles. The maximum atomic E-state index is 9.72. The normalized spacial score (nSPS) is 7.77. The van der Waals surface area contributed by atoms with Crippen molar-refractivity contribution in [2.24, 2.45) is 4.99 Å². The number of nitrogens with zero attached hydrogens (tertiary/aromatic N) is 1. The fourth-order valence-corrected chi connectivity index (χ4v) is 0.772. The summed E-state index contributed by atoms with van der Waals surface area (Å²) < 4.78 is 4.95. The van der Waals surface area contributed by atoms with Crippen molar-refractivity contribution in [2.45, 2.75) is 0 Å². The highest BCUT2D eigenvalue weighted by molar-refractivity contribution is 5.66. The van der Waals surface area contributed by atoms with Crippen molar-refractivity contribution in [1.29, 1.82) is 0 Å². The molecule has 0 aliphatic carbocycles. The van der Waals surface area contributed by atoms with Crippen molar-refractivity contribution >= 4 is 17.5 Å². The molecule has 0 radical (unpaired) electrons. The summed E-state index contributed by atoms with van der Waals surface area (Å²) >= 11 is 0. The summed E-state index contributed by atoms with van der Waals surface area (Å²) in [7, 11) is 1.59. The van der Waals surface area contributed by atoms with Crippen LogP contribution in [-0.4, -0.2) is 18.9 Å². The number of aliphatic imine (C=N–C) groups is 1. The number of rotatable bonds is 2. The minimum atomic E-state index is 0.684. The van der Waals surface area contributed by atoms with Crippen molar-refractivity contribution in [3.05, 3.63) is 30.0 Å². The first-order chi connectivity index (χ1) is 6.36. The quantitative estimate of drug-likeness (QED) is 0.386. The number of hydrogen-bond donors (Lipinski definition) is 0. The van der Waals surface area contributed by atoms with Crippen LogP contribution >= 0.6 is 0 Å². The van der Waals surface area contributed by atoms with Crippen molar-refractivity contribution < 1.29 is 9.53 Å². The fourth-order valence-electron chi connectivity index (χ4n) is 0.772. The van der Waals surface area contributed by atoms with E-state index in [0.717, 1.165) is 5.75 Å². The molecule has 1 rings (SSSR count). The Morgan fingerprint density at radius 2 is 2.00 bits per heavy atom. The van der Waals surface area contributed by atoms with Gasteiger partial charge in [0.1, 0.15) is 5.75 Å². The van der Waals surface area contributed by atoms with Crippen LogP contribution < -0.4 is 4.74 Å². The Labute approximate surface area is 75.7 Å². The molecule has 0 saturated carbocycles. The van der Waals surface area contributed by atoms with E-state index in [1.54, 1.807) is 31.4 Å². The first kappa shape index (κ1) is 9.05. The van der Waals surface area contributed by atoms with E-state index in [-0.39, 0.29) is 0 Å². The van der Waals surface area contributed by atoms with Gasteiger partial charge in [-0.2, -0.15) is 4.99 Å². The van der Waals surface area contributed by atoms with Gasteiger partial charge in [0.15, 0.2) is 5.94 Å². The SMILES string of the molecule is COc1ccc(N=C=C=C=O)cc1. The Morgan fingerprint density at radius 3 is 2.54 bits per heavy atom. The zero-order valence-corrected chi connectivity index (χ0v) is 7.07. The molecule has 64 valence electrons. The van der Waals surface area contributed by atoms with E-state index in [4.69, 9.17) is 4.74 Å². The lowest BCUT2D eigenvalue weighted by molar-refractivity contribution is 0.415. The molecule has 0 atom stereocenters. The van der Waals surface area contributed by atoms with Crippen LogP contribution in [0.5, 0.6) is 5.75 Å². The summed E-state index contributed by atoms with van der Waals surface area (Å²) in [5.74, 6) is 4.49. The van der Waals surface area contributed by atoms with Gasteiger partial charge in [-0.15, -0.1) is 0 Å². The van der Waals surface area contributed by atoms with Gasteiger partial charge >= 0.3 is 0 Å². The predicted molar refractivity (Wildman–Crippen MR) is 49.3 cm³/mol. The summed E-state index contributed by atoms with van der Waals surface area (Å²) in [6.07, 6.45) is 0. The molecule has 1 aromatic rings. The largest absolute Gasteiger partial charge is 0.497 e. The maximum Gasteiger partial charge on any atom is 0.187 e. The summed E-state index contributed by atoms with van der Waals surface area (Å²) in [5, 5.41) is 0. The van der Waals surface area contributed by atoms with Crippen LogP contribution in [0.2, 0.25) is 0 Å². The highest BCUT2D eigenvalue weighted by atomic mass is 16.5. The summed E-state index contributed by atoms with van der Waals surface area (Å²) in [4.78, 5) is 13.5. The minimum Gasteiger partial charge on any atom is -0.497 e. The van der Waals surface area contributed by atoms with Gasteiger partial charge in [-0.25, -0.2) is 4.79 Å². The lowest BCUT2D eigenvalue weighted by atomic mass is 10.3. The zero-order valence-electron chi connectivity index (χ0n) is 7.07. The molecule has 0 bridgehead atoms. The number of carbonyl (C=O) groups excluding carboxylic acids is 1. The smallest absolute Gasteiger partial charge is 0.187 e. The monoisotopic (exact) mass is 173 g/mol. The van der Waals surface area contributed by atoms with E-state index in [1.807, 2.05) is 0 Å². The molecule has 0 fully saturated rings. The molecular weight excluding hydrogens is 166 g/mol. The number of benzene rings is 1. The van der Waals surface area contributed by atoms with Gasteiger partial charge in [0.05, 0.1) is 18.7 Å². The summed E-state index contributed by atoms with van der Waals surface area (Å²) in [6.45, 7) is 0. The van der Waals surface area contributed by atoms with Crippen LogP contribution in [0.4, 0.5) is 5.69 Å². The van der Waals surface area contributed by atoms with Gasteiger partial charge < -0.3 is 4.74 Å². The van der Waals surface area contributed by atoms with Crippen LogP contribution in [0.1, 0.15) is 0 Å². The summed E-state index contributed by atoms with van der Waals surface area (Å²) in [6, 6.07) is 7.03. The molecule has 3 heteroatoms. The first-order valence-corrected chi connectivity index (χ1v) is 3.59. The van der Waals surface area contributed by atoms with Crippen molar-refractivity contribution in [1.82, 2.24) is 0 Å². The van der Waals surface area contributed by atoms with Crippen LogP contribution in [-0.2, 0) is 4.79 Å². The standard InChI is InChI=1S/C10H7NO2/c1-13-10-5-3-9(4-6-10)11-7-2-8-12/h3-6H,1H3. The average Bonchev–Trinajstić information content (AvgIpc) is 2.19. The third-order valence-corrected chi connectivity index (χ3v) is 1.36. The highest BCUT2D eigenvalue weighted by Crippen LogP contribution is 2.16. The molecule has 0 saturated heterocycles. The molecule has 0 amide bonds.